The first-order valence-corrected chi connectivity index (χ1v) is 12.5. The Morgan fingerprint density at radius 2 is 2.03 bits per heavy atom. The molecule has 0 saturated carbocycles. The number of fused-ring (bicyclic) bond motifs is 1. The molecule has 1 aliphatic rings. The van der Waals surface area contributed by atoms with Gasteiger partial charge in [0.2, 0.25) is 0 Å². The van der Waals surface area contributed by atoms with E-state index < -0.39 is 0 Å². The SMILES string of the molecule is Cc1cc(C(=O)Nc2cccnc2C)ccc1C1SCC(C)Nc2c1c(-c1ccncn1)nn2C. The van der Waals surface area contributed by atoms with Crippen molar-refractivity contribution in [3.8, 4) is 11.4 Å². The Kier molecular flexibility index (Phi) is 6.25. The number of carbonyl (C=O) groups is 1. The van der Waals surface area contributed by atoms with Gasteiger partial charge in [-0.2, -0.15) is 5.10 Å². The van der Waals surface area contributed by atoms with Gasteiger partial charge in [-0.05, 0) is 62.2 Å². The average molecular weight is 486 g/mol. The van der Waals surface area contributed by atoms with Gasteiger partial charge in [-0.3, -0.25) is 14.5 Å². The molecule has 35 heavy (non-hydrogen) atoms. The first-order chi connectivity index (χ1) is 16.9. The van der Waals surface area contributed by atoms with Gasteiger partial charge in [-0.1, -0.05) is 6.07 Å². The maximum atomic E-state index is 13.0. The molecule has 178 valence electrons. The van der Waals surface area contributed by atoms with Crippen LogP contribution in [0.25, 0.3) is 11.4 Å². The van der Waals surface area contributed by atoms with E-state index in [9.17, 15) is 4.79 Å². The topological polar surface area (TPSA) is 97.6 Å². The summed E-state index contributed by atoms with van der Waals surface area (Å²) in [4.78, 5) is 25.8. The standard InChI is InChI=1S/C26H27N7OS/c1-15-12-18(26(34)31-20-6-5-10-28-17(20)3)7-8-19(15)24-22-23(21-9-11-27-14-29-21)32-33(4)25(22)30-16(2)13-35-24/h5-12,14,16,24,30H,13H2,1-4H3,(H,31,34). The number of anilines is 2. The summed E-state index contributed by atoms with van der Waals surface area (Å²) >= 11 is 1.88. The molecule has 0 bridgehead atoms. The van der Waals surface area contributed by atoms with Crippen LogP contribution >= 0.6 is 11.8 Å². The molecule has 0 spiro atoms. The van der Waals surface area contributed by atoms with Gasteiger partial charge >= 0.3 is 0 Å². The number of rotatable bonds is 4. The number of benzene rings is 1. The normalized spacial score (nSPS) is 17.3. The van der Waals surface area contributed by atoms with Crippen LogP contribution in [0.15, 0.2) is 55.1 Å². The minimum atomic E-state index is -0.150. The van der Waals surface area contributed by atoms with Crippen LogP contribution in [-0.2, 0) is 7.05 Å². The zero-order valence-electron chi connectivity index (χ0n) is 20.1. The summed E-state index contributed by atoms with van der Waals surface area (Å²) in [5, 5.41) is 11.5. The van der Waals surface area contributed by atoms with E-state index in [1.54, 1.807) is 18.7 Å². The molecule has 8 nitrogen and oxygen atoms in total. The second-order valence-corrected chi connectivity index (χ2v) is 9.89. The molecule has 2 unspecified atom stereocenters. The quantitative estimate of drug-likeness (QED) is 0.429. The Morgan fingerprint density at radius 3 is 2.77 bits per heavy atom. The zero-order chi connectivity index (χ0) is 24.5. The monoisotopic (exact) mass is 485 g/mol. The van der Waals surface area contributed by atoms with Crippen molar-refractivity contribution >= 4 is 29.2 Å². The smallest absolute Gasteiger partial charge is 0.255 e. The fourth-order valence-corrected chi connectivity index (χ4v) is 5.74. The summed E-state index contributed by atoms with van der Waals surface area (Å²) in [7, 11) is 1.96. The highest BCUT2D eigenvalue weighted by molar-refractivity contribution is 7.99. The molecule has 0 radical (unpaired) electrons. The number of aromatic nitrogens is 5. The first kappa shape index (κ1) is 23.0. The van der Waals surface area contributed by atoms with Crippen LogP contribution in [0.2, 0.25) is 0 Å². The number of nitrogens with one attached hydrogen (secondary N) is 2. The lowest BCUT2D eigenvalue weighted by molar-refractivity contribution is 0.102. The van der Waals surface area contributed by atoms with Gasteiger partial charge in [-0.25, -0.2) is 9.97 Å². The van der Waals surface area contributed by atoms with E-state index in [1.807, 2.05) is 60.7 Å². The van der Waals surface area contributed by atoms with E-state index in [0.717, 1.165) is 45.3 Å². The molecule has 4 heterocycles. The Morgan fingerprint density at radius 1 is 1.17 bits per heavy atom. The van der Waals surface area contributed by atoms with Crippen LogP contribution in [0, 0.1) is 13.8 Å². The van der Waals surface area contributed by atoms with E-state index in [4.69, 9.17) is 5.10 Å². The number of hydrogen-bond donors (Lipinski definition) is 2. The van der Waals surface area contributed by atoms with Gasteiger partial charge < -0.3 is 10.6 Å². The number of pyridine rings is 1. The minimum Gasteiger partial charge on any atom is -0.367 e. The molecule has 0 aliphatic carbocycles. The summed E-state index contributed by atoms with van der Waals surface area (Å²) < 4.78 is 1.90. The molecular formula is C26H27N7OS. The summed E-state index contributed by atoms with van der Waals surface area (Å²) in [5.74, 6) is 1.78. The maximum Gasteiger partial charge on any atom is 0.255 e. The number of amides is 1. The lowest BCUT2D eigenvalue weighted by Crippen LogP contribution is -2.18. The fraction of sp³-hybridized carbons (Fsp3) is 0.269. The summed E-state index contributed by atoms with van der Waals surface area (Å²) in [6.45, 7) is 6.12. The van der Waals surface area contributed by atoms with Gasteiger partial charge in [0.1, 0.15) is 17.8 Å². The zero-order valence-corrected chi connectivity index (χ0v) is 20.9. The van der Waals surface area contributed by atoms with Crippen LogP contribution in [-0.4, -0.2) is 42.4 Å². The van der Waals surface area contributed by atoms with E-state index >= 15 is 0 Å². The molecule has 5 rings (SSSR count). The predicted octanol–water partition coefficient (Wildman–Crippen LogP) is 4.78. The fourth-order valence-electron chi connectivity index (χ4n) is 4.35. The molecule has 9 heteroatoms. The van der Waals surface area contributed by atoms with Crippen molar-refractivity contribution < 1.29 is 4.79 Å². The number of nitrogens with zero attached hydrogens (tertiary/aromatic N) is 5. The molecule has 2 atom stereocenters. The third-order valence-electron chi connectivity index (χ3n) is 6.14. The van der Waals surface area contributed by atoms with Gasteiger partial charge in [0.05, 0.1) is 22.3 Å². The molecule has 3 aromatic heterocycles. The largest absolute Gasteiger partial charge is 0.367 e. The van der Waals surface area contributed by atoms with E-state index in [-0.39, 0.29) is 17.2 Å². The van der Waals surface area contributed by atoms with Crippen LogP contribution in [0.5, 0.6) is 0 Å². The van der Waals surface area contributed by atoms with Crippen molar-refractivity contribution in [3.05, 3.63) is 83.1 Å². The third kappa shape index (κ3) is 4.51. The Balaban J connectivity index is 1.53. The highest BCUT2D eigenvalue weighted by Gasteiger charge is 2.32. The van der Waals surface area contributed by atoms with Gasteiger partial charge in [0, 0.05) is 42.4 Å². The number of aryl methyl sites for hydroxylation is 3. The van der Waals surface area contributed by atoms with Crippen molar-refractivity contribution in [2.75, 3.05) is 16.4 Å². The summed E-state index contributed by atoms with van der Waals surface area (Å²) in [6, 6.07) is 11.8. The number of hydrogen-bond acceptors (Lipinski definition) is 7. The van der Waals surface area contributed by atoms with Crippen LogP contribution < -0.4 is 10.6 Å². The molecule has 1 amide bonds. The van der Waals surface area contributed by atoms with Crippen molar-refractivity contribution in [2.45, 2.75) is 32.1 Å². The van der Waals surface area contributed by atoms with Crippen molar-refractivity contribution in [2.24, 2.45) is 7.05 Å². The molecule has 2 N–H and O–H groups in total. The van der Waals surface area contributed by atoms with Crippen LogP contribution in [0.1, 0.15) is 44.9 Å². The minimum absolute atomic E-state index is 0.0406. The van der Waals surface area contributed by atoms with Crippen molar-refractivity contribution in [1.82, 2.24) is 24.7 Å². The van der Waals surface area contributed by atoms with E-state index in [1.165, 1.54) is 0 Å². The average Bonchev–Trinajstić information content (AvgIpc) is 3.06. The van der Waals surface area contributed by atoms with Crippen LogP contribution in [0.3, 0.4) is 0 Å². The lowest BCUT2D eigenvalue weighted by atomic mass is 9.96. The summed E-state index contributed by atoms with van der Waals surface area (Å²) in [6.07, 6.45) is 5.00. The number of carbonyl (C=O) groups excluding carboxylic acids is 1. The Hall–Kier alpha value is -3.72. The van der Waals surface area contributed by atoms with Crippen LogP contribution in [0.4, 0.5) is 11.5 Å². The van der Waals surface area contributed by atoms with Crippen molar-refractivity contribution in [3.63, 3.8) is 0 Å². The van der Waals surface area contributed by atoms with Gasteiger partial charge in [0.25, 0.3) is 5.91 Å². The maximum absolute atomic E-state index is 13.0. The molecule has 0 fully saturated rings. The van der Waals surface area contributed by atoms with E-state index in [0.29, 0.717) is 11.3 Å². The molecule has 1 aromatic carbocycles. The molecular weight excluding hydrogens is 458 g/mol. The Labute approximate surface area is 208 Å². The molecule has 0 saturated heterocycles. The summed E-state index contributed by atoms with van der Waals surface area (Å²) in [5.41, 5.74) is 7.06. The Bertz CT molecular complexity index is 1390. The van der Waals surface area contributed by atoms with Gasteiger partial charge in [-0.15, -0.1) is 11.8 Å². The second-order valence-electron chi connectivity index (χ2n) is 8.75. The van der Waals surface area contributed by atoms with Gasteiger partial charge in [0.15, 0.2) is 0 Å². The molecule has 4 aromatic rings. The third-order valence-corrected chi connectivity index (χ3v) is 7.65. The second kappa shape index (κ2) is 9.50. The highest BCUT2D eigenvalue weighted by Crippen LogP contribution is 2.47. The van der Waals surface area contributed by atoms with E-state index in [2.05, 4.69) is 45.5 Å². The molecule has 1 aliphatic heterocycles. The lowest BCUT2D eigenvalue weighted by Gasteiger charge is -2.19. The number of thioether (sulfide) groups is 1. The highest BCUT2D eigenvalue weighted by atomic mass is 32.2. The first-order valence-electron chi connectivity index (χ1n) is 11.5. The van der Waals surface area contributed by atoms with Crippen molar-refractivity contribution in [1.29, 1.82) is 0 Å². The predicted molar refractivity (Wildman–Crippen MR) is 140 cm³/mol.